The Morgan fingerprint density at radius 3 is 2.90 bits per heavy atom. The van der Waals surface area contributed by atoms with E-state index in [1.807, 2.05) is 6.92 Å². The van der Waals surface area contributed by atoms with E-state index in [2.05, 4.69) is 15.5 Å². The van der Waals surface area contributed by atoms with Gasteiger partial charge in [-0.25, -0.2) is 4.39 Å². The van der Waals surface area contributed by atoms with E-state index in [-0.39, 0.29) is 24.7 Å². The molecule has 1 heterocycles. The standard InChI is InChI=1S/C13H14FN3O2S/c1-2-12-16-17-13(20-12)15-11(18)7-8-19-10-6-4-3-5-9(10)14/h3-6H,2,7-8H2,1H3,(H,15,17,18). The van der Waals surface area contributed by atoms with Crippen LogP contribution in [0, 0.1) is 5.82 Å². The summed E-state index contributed by atoms with van der Waals surface area (Å²) in [6, 6.07) is 6.08. The summed E-state index contributed by atoms with van der Waals surface area (Å²) in [4.78, 5) is 11.6. The molecule has 1 aromatic heterocycles. The van der Waals surface area contributed by atoms with Gasteiger partial charge in [0.2, 0.25) is 11.0 Å². The number of aromatic nitrogens is 2. The van der Waals surface area contributed by atoms with Crippen LogP contribution in [0.25, 0.3) is 0 Å². The lowest BCUT2D eigenvalue weighted by Gasteiger charge is -2.06. The van der Waals surface area contributed by atoms with Gasteiger partial charge in [-0.2, -0.15) is 0 Å². The van der Waals surface area contributed by atoms with Gasteiger partial charge in [-0.05, 0) is 18.6 Å². The van der Waals surface area contributed by atoms with E-state index in [1.54, 1.807) is 12.1 Å². The van der Waals surface area contributed by atoms with Crippen LogP contribution >= 0.6 is 11.3 Å². The highest BCUT2D eigenvalue weighted by Crippen LogP contribution is 2.17. The van der Waals surface area contributed by atoms with E-state index < -0.39 is 5.82 Å². The fourth-order valence-corrected chi connectivity index (χ4v) is 2.14. The fraction of sp³-hybridized carbons (Fsp3) is 0.308. The molecule has 7 heteroatoms. The van der Waals surface area contributed by atoms with Crippen molar-refractivity contribution in [2.75, 3.05) is 11.9 Å². The molecule has 2 aromatic rings. The molecule has 1 N–H and O–H groups in total. The van der Waals surface area contributed by atoms with Crippen LogP contribution in [-0.4, -0.2) is 22.7 Å². The SMILES string of the molecule is CCc1nnc(NC(=O)CCOc2ccccc2F)s1. The maximum Gasteiger partial charge on any atom is 0.229 e. The summed E-state index contributed by atoms with van der Waals surface area (Å²) >= 11 is 1.34. The molecule has 0 saturated heterocycles. The van der Waals surface area contributed by atoms with Crippen molar-refractivity contribution in [2.24, 2.45) is 0 Å². The van der Waals surface area contributed by atoms with Crippen LogP contribution in [0.2, 0.25) is 0 Å². The Morgan fingerprint density at radius 2 is 2.20 bits per heavy atom. The summed E-state index contributed by atoms with van der Waals surface area (Å²) in [6.07, 6.45) is 0.902. The number of anilines is 1. The maximum absolute atomic E-state index is 13.3. The molecule has 0 atom stereocenters. The molecule has 0 aliphatic carbocycles. The molecule has 1 aromatic carbocycles. The highest BCUT2D eigenvalue weighted by molar-refractivity contribution is 7.15. The van der Waals surface area contributed by atoms with Crippen molar-refractivity contribution in [1.29, 1.82) is 0 Å². The third kappa shape index (κ3) is 3.99. The lowest BCUT2D eigenvalue weighted by Crippen LogP contribution is -2.15. The van der Waals surface area contributed by atoms with Crippen molar-refractivity contribution in [3.05, 3.63) is 35.1 Å². The van der Waals surface area contributed by atoms with Gasteiger partial charge in [-0.1, -0.05) is 30.4 Å². The van der Waals surface area contributed by atoms with Gasteiger partial charge in [0, 0.05) is 0 Å². The average molecular weight is 295 g/mol. The molecule has 1 amide bonds. The largest absolute Gasteiger partial charge is 0.490 e. The van der Waals surface area contributed by atoms with E-state index in [4.69, 9.17) is 4.74 Å². The monoisotopic (exact) mass is 295 g/mol. The molecule has 20 heavy (non-hydrogen) atoms. The summed E-state index contributed by atoms with van der Waals surface area (Å²) in [5.74, 6) is -0.533. The number of hydrogen-bond donors (Lipinski definition) is 1. The molecule has 0 aliphatic heterocycles. The van der Waals surface area contributed by atoms with Crippen molar-refractivity contribution in [3.63, 3.8) is 0 Å². The van der Waals surface area contributed by atoms with Gasteiger partial charge in [0.25, 0.3) is 0 Å². The smallest absolute Gasteiger partial charge is 0.229 e. The fourth-order valence-electron chi connectivity index (χ4n) is 1.44. The van der Waals surface area contributed by atoms with Crippen molar-refractivity contribution < 1.29 is 13.9 Å². The second-order valence-corrected chi connectivity index (χ2v) is 4.99. The third-order valence-electron chi connectivity index (χ3n) is 2.44. The molecule has 0 aliphatic rings. The number of carbonyl (C=O) groups is 1. The maximum atomic E-state index is 13.3. The quantitative estimate of drug-likeness (QED) is 0.890. The molecule has 0 spiro atoms. The van der Waals surface area contributed by atoms with Crippen LogP contribution in [0.5, 0.6) is 5.75 Å². The number of nitrogens with zero attached hydrogens (tertiary/aromatic N) is 2. The predicted octanol–water partition coefficient (Wildman–Crippen LogP) is 2.65. The van der Waals surface area contributed by atoms with Crippen molar-refractivity contribution >= 4 is 22.4 Å². The Morgan fingerprint density at radius 1 is 1.40 bits per heavy atom. The number of para-hydroxylation sites is 1. The van der Waals surface area contributed by atoms with Gasteiger partial charge >= 0.3 is 0 Å². The predicted molar refractivity (Wildman–Crippen MR) is 74.4 cm³/mol. The number of rotatable bonds is 6. The second-order valence-electron chi connectivity index (χ2n) is 3.93. The Bertz CT molecular complexity index is 589. The van der Waals surface area contributed by atoms with Crippen LogP contribution in [0.4, 0.5) is 9.52 Å². The summed E-state index contributed by atoms with van der Waals surface area (Å²) in [5.41, 5.74) is 0. The third-order valence-corrected chi connectivity index (χ3v) is 3.42. The molecule has 2 rings (SSSR count). The molecule has 0 radical (unpaired) electrons. The lowest BCUT2D eigenvalue weighted by atomic mass is 10.3. The van der Waals surface area contributed by atoms with Gasteiger partial charge in [-0.15, -0.1) is 10.2 Å². The summed E-state index contributed by atoms with van der Waals surface area (Å²) in [6.45, 7) is 2.07. The van der Waals surface area contributed by atoms with E-state index in [0.717, 1.165) is 11.4 Å². The highest BCUT2D eigenvalue weighted by atomic mass is 32.1. The normalized spacial score (nSPS) is 10.3. The number of carbonyl (C=O) groups excluding carboxylic acids is 1. The second kappa shape index (κ2) is 6.95. The van der Waals surface area contributed by atoms with Crippen LogP contribution in [0.3, 0.4) is 0 Å². The Labute approximate surface area is 119 Å². The van der Waals surface area contributed by atoms with E-state index in [1.165, 1.54) is 23.5 Å². The van der Waals surface area contributed by atoms with Gasteiger partial charge in [0.05, 0.1) is 13.0 Å². The number of ether oxygens (including phenoxy) is 1. The lowest BCUT2D eigenvalue weighted by molar-refractivity contribution is -0.116. The number of nitrogens with one attached hydrogen (secondary N) is 1. The first-order valence-corrected chi connectivity index (χ1v) is 7.00. The van der Waals surface area contributed by atoms with Gasteiger partial charge in [0.1, 0.15) is 5.01 Å². The average Bonchev–Trinajstić information content (AvgIpc) is 2.88. The van der Waals surface area contributed by atoms with Crippen molar-refractivity contribution in [1.82, 2.24) is 10.2 Å². The van der Waals surface area contributed by atoms with E-state index in [9.17, 15) is 9.18 Å². The molecule has 106 valence electrons. The summed E-state index contributed by atoms with van der Waals surface area (Å²) < 4.78 is 18.5. The van der Waals surface area contributed by atoms with Crippen LogP contribution in [0.1, 0.15) is 18.4 Å². The Kier molecular flexibility index (Phi) is 5.00. The van der Waals surface area contributed by atoms with E-state index >= 15 is 0 Å². The minimum absolute atomic E-state index is 0.103. The first-order chi connectivity index (χ1) is 9.69. The number of halogens is 1. The number of aryl methyl sites for hydroxylation is 1. The molecule has 0 fully saturated rings. The van der Waals surface area contributed by atoms with Crippen LogP contribution in [-0.2, 0) is 11.2 Å². The number of benzene rings is 1. The van der Waals surface area contributed by atoms with Crippen LogP contribution in [0.15, 0.2) is 24.3 Å². The minimum atomic E-state index is -0.440. The zero-order chi connectivity index (χ0) is 14.4. The van der Waals surface area contributed by atoms with E-state index in [0.29, 0.717) is 5.13 Å². The number of hydrogen-bond acceptors (Lipinski definition) is 5. The molecular weight excluding hydrogens is 281 g/mol. The minimum Gasteiger partial charge on any atom is -0.490 e. The summed E-state index contributed by atoms with van der Waals surface area (Å²) in [7, 11) is 0. The van der Waals surface area contributed by atoms with Crippen LogP contribution < -0.4 is 10.1 Å². The number of amides is 1. The zero-order valence-corrected chi connectivity index (χ0v) is 11.7. The highest BCUT2D eigenvalue weighted by Gasteiger charge is 2.08. The van der Waals surface area contributed by atoms with Crippen molar-refractivity contribution in [2.45, 2.75) is 19.8 Å². The summed E-state index contributed by atoms with van der Waals surface area (Å²) in [5, 5.41) is 11.7. The topological polar surface area (TPSA) is 64.1 Å². The molecule has 0 bridgehead atoms. The molecular formula is C13H14FN3O2S. The van der Waals surface area contributed by atoms with Gasteiger partial charge in [-0.3, -0.25) is 4.79 Å². The first kappa shape index (κ1) is 14.4. The van der Waals surface area contributed by atoms with Gasteiger partial charge < -0.3 is 10.1 Å². The first-order valence-electron chi connectivity index (χ1n) is 6.18. The molecule has 5 nitrogen and oxygen atoms in total. The molecule has 0 unspecified atom stereocenters. The molecule has 0 saturated carbocycles. The Balaban J connectivity index is 1.77. The zero-order valence-electron chi connectivity index (χ0n) is 10.9. The Hall–Kier alpha value is -2.02. The van der Waals surface area contributed by atoms with Gasteiger partial charge in [0.15, 0.2) is 11.6 Å². The van der Waals surface area contributed by atoms with Crippen molar-refractivity contribution in [3.8, 4) is 5.75 Å².